The van der Waals surface area contributed by atoms with Gasteiger partial charge >= 0.3 is 0 Å². The summed E-state index contributed by atoms with van der Waals surface area (Å²) >= 11 is 0. The lowest BCUT2D eigenvalue weighted by Crippen LogP contribution is -2.44. The second-order valence-electron chi connectivity index (χ2n) is 7.49. The minimum absolute atomic E-state index is 0.453. The number of likely N-dealkylation sites (N-methyl/N-ethyl adjacent to an activating group) is 1. The van der Waals surface area contributed by atoms with Crippen LogP contribution in [0.15, 0.2) is 48.5 Å². The largest absolute Gasteiger partial charge is 0.399 e. The number of nitrogens with zero attached hydrogens (tertiary/aromatic N) is 4. The number of nitrogens with one attached hydrogen (secondary N) is 1. The second-order valence-corrected chi connectivity index (χ2v) is 7.49. The molecular formula is C22H27N7. The smallest absolute Gasteiger partial charge is 0.229 e. The van der Waals surface area contributed by atoms with E-state index in [1.54, 1.807) is 0 Å². The second kappa shape index (κ2) is 7.97. The Kier molecular flexibility index (Phi) is 5.22. The Morgan fingerprint density at radius 1 is 0.931 bits per heavy atom. The molecule has 1 fully saturated rings. The van der Waals surface area contributed by atoms with Crippen LogP contribution in [0.5, 0.6) is 0 Å². The molecule has 0 aliphatic carbocycles. The van der Waals surface area contributed by atoms with Gasteiger partial charge < -0.3 is 26.6 Å². The topological polar surface area (TPSA) is 96.3 Å². The van der Waals surface area contributed by atoms with E-state index >= 15 is 0 Å². The molecule has 1 saturated heterocycles. The predicted molar refractivity (Wildman–Crippen MR) is 120 cm³/mol. The molecule has 0 atom stereocenters. The molecule has 5 N–H and O–H groups in total. The van der Waals surface area contributed by atoms with E-state index < -0.39 is 0 Å². The van der Waals surface area contributed by atoms with Crippen LogP contribution in [0.2, 0.25) is 0 Å². The number of rotatable bonds is 4. The van der Waals surface area contributed by atoms with Gasteiger partial charge in [-0.05, 0) is 50.4 Å². The third-order valence-electron chi connectivity index (χ3n) is 5.34. The Hall–Kier alpha value is -3.32. The molecule has 7 nitrogen and oxygen atoms in total. The average molecular weight is 390 g/mol. The van der Waals surface area contributed by atoms with Gasteiger partial charge in [-0.25, -0.2) is 4.98 Å². The van der Waals surface area contributed by atoms with E-state index in [-0.39, 0.29) is 0 Å². The SMILES string of the molecule is Cc1c(N)nc(Nc2ccc(N3CCN(C)CC3)cc2)nc1-c1cccc(N)c1. The molecular weight excluding hydrogens is 362 g/mol. The lowest BCUT2D eigenvalue weighted by Gasteiger charge is -2.34. The molecule has 0 amide bonds. The molecule has 2 heterocycles. The summed E-state index contributed by atoms with van der Waals surface area (Å²) in [7, 11) is 2.16. The van der Waals surface area contributed by atoms with Crippen molar-refractivity contribution in [2.75, 3.05) is 54.9 Å². The minimum atomic E-state index is 0.453. The summed E-state index contributed by atoms with van der Waals surface area (Å²) in [6, 6.07) is 16.0. The minimum Gasteiger partial charge on any atom is -0.399 e. The molecule has 0 saturated carbocycles. The van der Waals surface area contributed by atoms with Gasteiger partial charge in [0.05, 0.1) is 5.69 Å². The van der Waals surface area contributed by atoms with Crippen LogP contribution in [0.1, 0.15) is 5.56 Å². The zero-order valence-electron chi connectivity index (χ0n) is 16.9. The Morgan fingerprint density at radius 2 is 1.66 bits per heavy atom. The van der Waals surface area contributed by atoms with Crippen molar-refractivity contribution in [3.63, 3.8) is 0 Å². The summed E-state index contributed by atoms with van der Waals surface area (Å²) in [4.78, 5) is 13.8. The summed E-state index contributed by atoms with van der Waals surface area (Å²) in [6.07, 6.45) is 0. The van der Waals surface area contributed by atoms with Gasteiger partial charge in [0.15, 0.2) is 0 Å². The molecule has 3 aromatic rings. The summed E-state index contributed by atoms with van der Waals surface area (Å²) < 4.78 is 0. The highest BCUT2D eigenvalue weighted by Crippen LogP contribution is 2.28. The number of nitrogens with two attached hydrogens (primary N) is 2. The number of anilines is 5. The van der Waals surface area contributed by atoms with Crippen molar-refractivity contribution in [3.05, 3.63) is 54.1 Å². The average Bonchev–Trinajstić information content (AvgIpc) is 2.72. The zero-order valence-corrected chi connectivity index (χ0v) is 16.9. The van der Waals surface area contributed by atoms with Crippen molar-refractivity contribution < 1.29 is 0 Å². The van der Waals surface area contributed by atoms with E-state index in [2.05, 4.69) is 44.3 Å². The Bertz CT molecular complexity index is 993. The summed E-state index contributed by atoms with van der Waals surface area (Å²) in [6.45, 7) is 6.18. The van der Waals surface area contributed by atoms with Gasteiger partial charge in [-0.1, -0.05) is 12.1 Å². The van der Waals surface area contributed by atoms with Crippen LogP contribution in [-0.2, 0) is 0 Å². The number of benzene rings is 2. The highest BCUT2D eigenvalue weighted by molar-refractivity contribution is 5.72. The number of aromatic nitrogens is 2. The van der Waals surface area contributed by atoms with Gasteiger partial charge in [0.2, 0.25) is 5.95 Å². The summed E-state index contributed by atoms with van der Waals surface area (Å²) in [5, 5.41) is 3.27. The fraction of sp³-hybridized carbons (Fsp3) is 0.273. The molecule has 4 rings (SSSR count). The van der Waals surface area contributed by atoms with Gasteiger partial charge in [-0.15, -0.1) is 0 Å². The highest BCUT2D eigenvalue weighted by atomic mass is 15.2. The maximum atomic E-state index is 6.15. The molecule has 1 aliphatic heterocycles. The summed E-state index contributed by atoms with van der Waals surface area (Å²) in [5.74, 6) is 0.923. The van der Waals surface area contributed by atoms with Crippen molar-refractivity contribution in [2.24, 2.45) is 0 Å². The monoisotopic (exact) mass is 389 g/mol. The molecule has 29 heavy (non-hydrogen) atoms. The van der Waals surface area contributed by atoms with E-state index in [1.165, 1.54) is 5.69 Å². The van der Waals surface area contributed by atoms with Crippen molar-refractivity contribution in [3.8, 4) is 11.3 Å². The number of nitrogen functional groups attached to an aromatic ring is 2. The van der Waals surface area contributed by atoms with Crippen LogP contribution in [0.4, 0.5) is 28.8 Å². The van der Waals surface area contributed by atoms with Crippen molar-refractivity contribution >= 4 is 28.8 Å². The van der Waals surface area contributed by atoms with Crippen molar-refractivity contribution in [1.29, 1.82) is 0 Å². The molecule has 150 valence electrons. The molecule has 0 bridgehead atoms. The third kappa shape index (κ3) is 4.25. The van der Waals surface area contributed by atoms with Crippen LogP contribution >= 0.6 is 0 Å². The van der Waals surface area contributed by atoms with Crippen LogP contribution in [0.25, 0.3) is 11.3 Å². The fourth-order valence-electron chi connectivity index (χ4n) is 3.51. The standard InChI is InChI=1S/C22H27N7/c1-15-20(16-4-3-5-17(23)14-16)26-22(27-21(15)24)25-18-6-8-19(9-7-18)29-12-10-28(2)11-13-29/h3-9,14H,10-13,23H2,1-2H3,(H3,24,25,26,27). The van der Waals surface area contributed by atoms with Crippen LogP contribution in [0.3, 0.4) is 0 Å². The first-order valence-corrected chi connectivity index (χ1v) is 9.80. The van der Waals surface area contributed by atoms with Gasteiger partial charge in [0.25, 0.3) is 0 Å². The first kappa shape index (κ1) is 19.0. The van der Waals surface area contributed by atoms with Crippen LogP contribution in [0, 0.1) is 6.92 Å². The van der Waals surface area contributed by atoms with Crippen LogP contribution < -0.4 is 21.7 Å². The van der Waals surface area contributed by atoms with E-state index in [0.29, 0.717) is 17.5 Å². The van der Waals surface area contributed by atoms with Crippen molar-refractivity contribution in [2.45, 2.75) is 6.92 Å². The third-order valence-corrected chi connectivity index (χ3v) is 5.34. The molecule has 0 spiro atoms. The Labute approximate surface area is 171 Å². The van der Waals surface area contributed by atoms with Gasteiger partial charge in [0.1, 0.15) is 5.82 Å². The number of hydrogen-bond donors (Lipinski definition) is 3. The quantitative estimate of drug-likeness (QED) is 0.590. The van der Waals surface area contributed by atoms with Crippen molar-refractivity contribution in [1.82, 2.24) is 14.9 Å². The van der Waals surface area contributed by atoms with E-state index in [4.69, 9.17) is 11.5 Å². The Balaban J connectivity index is 1.55. The molecule has 2 aromatic carbocycles. The first-order chi connectivity index (χ1) is 14.0. The first-order valence-electron chi connectivity index (χ1n) is 9.80. The molecule has 0 radical (unpaired) electrons. The lowest BCUT2D eigenvalue weighted by atomic mass is 10.1. The van der Waals surface area contributed by atoms with E-state index in [0.717, 1.165) is 48.7 Å². The number of piperazine rings is 1. The summed E-state index contributed by atoms with van der Waals surface area (Å²) in [5.41, 5.74) is 17.5. The van der Waals surface area contributed by atoms with E-state index in [9.17, 15) is 0 Å². The Morgan fingerprint density at radius 3 is 2.34 bits per heavy atom. The number of hydrogen-bond acceptors (Lipinski definition) is 7. The van der Waals surface area contributed by atoms with E-state index in [1.807, 2.05) is 43.3 Å². The van der Waals surface area contributed by atoms with Gasteiger partial charge in [-0.2, -0.15) is 4.98 Å². The maximum absolute atomic E-state index is 6.15. The normalized spacial score (nSPS) is 14.8. The highest BCUT2D eigenvalue weighted by Gasteiger charge is 2.15. The zero-order chi connectivity index (χ0) is 20.4. The maximum Gasteiger partial charge on any atom is 0.229 e. The molecule has 1 aliphatic rings. The predicted octanol–water partition coefficient (Wildman–Crippen LogP) is 3.11. The van der Waals surface area contributed by atoms with Gasteiger partial charge in [-0.3, -0.25) is 0 Å². The van der Waals surface area contributed by atoms with Gasteiger partial charge in [0, 0.05) is 54.4 Å². The molecule has 1 aromatic heterocycles. The fourth-order valence-corrected chi connectivity index (χ4v) is 3.51. The van der Waals surface area contributed by atoms with Crippen LogP contribution in [-0.4, -0.2) is 48.1 Å². The molecule has 0 unspecified atom stereocenters. The molecule has 7 heteroatoms. The lowest BCUT2D eigenvalue weighted by molar-refractivity contribution is 0.313.